The summed E-state index contributed by atoms with van der Waals surface area (Å²) in [6.07, 6.45) is 2.29. The summed E-state index contributed by atoms with van der Waals surface area (Å²) in [7, 11) is 3.07. The van der Waals surface area contributed by atoms with Gasteiger partial charge in [-0.05, 0) is 25.2 Å². The van der Waals surface area contributed by atoms with Crippen LogP contribution in [0.25, 0.3) is 0 Å². The zero-order valence-electron chi connectivity index (χ0n) is 11.7. The van der Waals surface area contributed by atoms with E-state index in [0.717, 1.165) is 12.8 Å². The standard InChI is InChI=1S/C12H17N3O4S/c1-8-10(15(17)18)11(14(2)13-8)20-7-12(4-5-12)6-9(16)19-3/h4-7H2,1-3H3. The Kier molecular flexibility index (Phi) is 4.03. The molecular formula is C12H17N3O4S. The largest absolute Gasteiger partial charge is 0.469 e. The SMILES string of the molecule is COC(=O)CC1(CSc2c([N+](=O)[O-])c(C)nn2C)CC1. The van der Waals surface area contributed by atoms with Crippen LogP contribution >= 0.6 is 11.8 Å². The maximum absolute atomic E-state index is 11.4. The third-order valence-corrected chi connectivity index (χ3v) is 5.03. The van der Waals surface area contributed by atoms with Gasteiger partial charge in [0.05, 0.1) is 18.5 Å². The van der Waals surface area contributed by atoms with Crippen LogP contribution in [0, 0.1) is 22.5 Å². The summed E-state index contributed by atoms with van der Waals surface area (Å²) in [5.41, 5.74) is 0.410. The number of carbonyl (C=O) groups excluding carboxylic acids is 1. The number of rotatable bonds is 6. The van der Waals surface area contributed by atoms with E-state index in [1.165, 1.54) is 23.6 Å². The van der Waals surface area contributed by atoms with Crippen molar-refractivity contribution in [3.8, 4) is 0 Å². The molecule has 1 aliphatic carbocycles. The summed E-state index contributed by atoms with van der Waals surface area (Å²) < 4.78 is 6.23. The number of thioether (sulfide) groups is 1. The third-order valence-electron chi connectivity index (χ3n) is 3.54. The summed E-state index contributed by atoms with van der Waals surface area (Å²) in [6.45, 7) is 1.63. The van der Waals surface area contributed by atoms with Crippen molar-refractivity contribution >= 4 is 23.4 Å². The van der Waals surface area contributed by atoms with E-state index in [1.54, 1.807) is 14.0 Å². The quantitative estimate of drug-likeness (QED) is 0.346. The maximum atomic E-state index is 11.4. The molecule has 0 bridgehead atoms. The first-order chi connectivity index (χ1) is 9.38. The van der Waals surface area contributed by atoms with Crippen molar-refractivity contribution < 1.29 is 14.5 Å². The van der Waals surface area contributed by atoms with Gasteiger partial charge >= 0.3 is 11.7 Å². The highest BCUT2D eigenvalue weighted by Gasteiger charge is 2.45. The molecule has 0 amide bonds. The van der Waals surface area contributed by atoms with Gasteiger partial charge in [0.1, 0.15) is 5.69 Å². The molecule has 0 aromatic carbocycles. The van der Waals surface area contributed by atoms with E-state index in [1.807, 2.05) is 0 Å². The Morgan fingerprint density at radius 1 is 1.60 bits per heavy atom. The molecule has 20 heavy (non-hydrogen) atoms. The molecule has 1 aromatic heterocycles. The fourth-order valence-electron chi connectivity index (χ4n) is 2.15. The summed E-state index contributed by atoms with van der Waals surface area (Å²) >= 11 is 1.40. The van der Waals surface area contributed by atoms with E-state index in [-0.39, 0.29) is 17.1 Å². The van der Waals surface area contributed by atoms with E-state index in [9.17, 15) is 14.9 Å². The number of methoxy groups -OCH3 is 1. The monoisotopic (exact) mass is 299 g/mol. The van der Waals surface area contributed by atoms with Gasteiger partial charge in [0, 0.05) is 12.8 Å². The molecular weight excluding hydrogens is 282 g/mol. The van der Waals surface area contributed by atoms with Gasteiger partial charge < -0.3 is 4.74 Å². The highest BCUT2D eigenvalue weighted by molar-refractivity contribution is 7.99. The van der Waals surface area contributed by atoms with Crippen molar-refractivity contribution in [2.45, 2.75) is 31.2 Å². The molecule has 0 spiro atoms. The molecule has 1 aliphatic rings. The van der Waals surface area contributed by atoms with Gasteiger partial charge in [-0.3, -0.25) is 19.6 Å². The normalized spacial score (nSPS) is 15.9. The highest BCUT2D eigenvalue weighted by atomic mass is 32.2. The van der Waals surface area contributed by atoms with E-state index in [4.69, 9.17) is 4.74 Å². The lowest BCUT2D eigenvalue weighted by Crippen LogP contribution is -2.13. The van der Waals surface area contributed by atoms with Gasteiger partial charge in [-0.1, -0.05) is 11.8 Å². The molecule has 8 heteroatoms. The van der Waals surface area contributed by atoms with Crippen molar-refractivity contribution in [1.82, 2.24) is 9.78 Å². The van der Waals surface area contributed by atoms with E-state index < -0.39 is 4.92 Å². The average Bonchev–Trinajstić information content (AvgIpc) is 3.06. The fraction of sp³-hybridized carbons (Fsp3) is 0.667. The Morgan fingerprint density at radius 3 is 2.75 bits per heavy atom. The second kappa shape index (κ2) is 5.43. The molecule has 0 unspecified atom stereocenters. The zero-order valence-corrected chi connectivity index (χ0v) is 12.5. The number of aromatic nitrogens is 2. The van der Waals surface area contributed by atoms with E-state index in [2.05, 4.69) is 5.10 Å². The Balaban J connectivity index is 2.08. The van der Waals surface area contributed by atoms with Crippen molar-refractivity contribution in [1.29, 1.82) is 0 Å². The third kappa shape index (κ3) is 2.95. The second-order valence-electron chi connectivity index (χ2n) is 5.16. The van der Waals surface area contributed by atoms with Gasteiger partial charge in [0.2, 0.25) is 0 Å². The van der Waals surface area contributed by atoms with Crippen LogP contribution in [0.4, 0.5) is 5.69 Å². The smallest absolute Gasteiger partial charge is 0.323 e. The number of ether oxygens (including phenoxy) is 1. The maximum Gasteiger partial charge on any atom is 0.323 e. The van der Waals surface area contributed by atoms with Crippen molar-refractivity contribution in [2.75, 3.05) is 12.9 Å². The molecule has 0 saturated heterocycles. The number of nitro groups is 1. The van der Waals surface area contributed by atoms with Gasteiger partial charge in [-0.15, -0.1) is 0 Å². The summed E-state index contributed by atoms with van der Waals surface area (Å²) in [6, 6.07) is 0. The minimum absolute atomic E-state index is 0.0615. The van der Waals surface area contributed by atoms with E-state index >= 15 is 0 Å². The number of aryl methyl sites for hydroxylation is 2. The number of hydrogen-bond acceptors (Lipinski definition) is 6. The van der Waals surface area contributed by atoms with Crippen LogP contribution in [0.1, 0.15) is 25.0 Å². The van der Waals surface area contributed by atoms with Gasteiger partial charge in [-0.2, -0.15) is 5.10 Å². The first-order valence-corrected chi connectivity index (χ1v) is 7.25. The minimum atomic E-state index is -0.398. The van der Waals surface area contributed by atoms with Crippen molar-refractivity contribution in [2.24, 2.45) is 12.5 Å². The Bertz CT molecular complexity index is 551. The van der Waals surface area contributed by atoms with Gasteiger partial charge in [0.15, 0.2) is 5.03 Å². The Hall–Kier alpha value is -1.57. The molecule has 1 fully saturated rings. The molecule has 2 rings (SSSR count). The molecule has 0 N–H and O–H groups in total. The fourth-order valence-corrected chi connectivity index (χ4v) is 3.57. The highest BCUT2D eigenvalue weighted by Crippen LogP contribution is 2.52. The van der Waals surface area contributed by atoms with Crippen LogP contribution in [0.5, 0.6) is 0 Å². The molecule has 0 atom stereocenters. The van der Waals surface area contributed by atoms with Gasteiger partial charge in [-0.25, -0.2) is 0 Å². The lowest BCUT2D eigenvalue weighted by molar-refractivity contribution is -0.388. The number of esters is 1. The summed E-state index contributed by atoms with van der Waals surface area (Å²) in [5, 5.41) is 15.7. The molecule has 0 aliphatic heterocycles. The zero-order chi connectivity index (χ0) is 14.9. The molecule has 1 heterocycles. The molecule has 110 valence electrons. The van der Waals surface area contributed by atoms with Crippen LogP contribution in [-0.4, -0.2) is 33.5 Å². The predicted molar refractivity (Wildman–Crippen MR) is 73.6 cm³/mol. The average molecular weight is 299 g/mol. The first kappa shape index (κ1) is 14.8. The summed E-state index contributed by atoms with van der Waals surface area (Å²) in [5.74, 6) is 0.445. The molecule has 0 radical (unpaired) electrons. The van der Waals surface area contributed by atoms with Crippen LogP contribution in [0.15, 0.2) is 5.03 Å². The lowest BCUT2D eigenvalue weighted by atomic mass is 10.1. The number of carbonyl (C=O) groups is 1. The first-order valence-electron chi connectivity index (χ1n) is 6.26. The van der Waals surface area contributed by atoms with Crippen molar-refractivity contribution in [3.05, 3.63) is 15.8 Å². The summed E-state index contributed by atoms with van der Waals surface area (Å²) in [4.78, 5) is 22.1. The topological polar surface area (TPSA) is 87.3 Å². The minimum Gasteiger partial charge on any atom is -0.469 e. The van der Waals surface area contributed by atoms with Gasteiger partial charge in [0.25, 0.3) is 0 Å². The van der Waals surface area contributed by atoms with Crippen LogP contribution in [0.2, 0.25) is 0 Å². The van der Waals surface area contributed by atoms with Crippen LogP contribution < -0.4 is 0 Å². The van der Waals surface area contributed by atoms with Crippen molar-refractivity contribution in [3.63, 3.8) is 0 Å². The lowest BCUT2D eigenvalue weighted by Gasteiger charge is -2.12. The number of hydrogen-bond donors (Lipinski definition) is 0. The molecule has 7 nitrogen and oxygen atoms in total. The second-order valence-corrected chi connectivity index (χ2v) is 6.13. The van der Waals surface area contributed by atoms with E-state index in [0.29, 0.717) is 22.9 Å². The predicted octanol–water partition coefficient (Wildman–Crippen LogP) is 2.07. The Morgan fingerprint density at radius 2 is 2.25 bits per heavy atom. The Labute approximate surface area is 120 Å². The molecule has 1 aromatic rings. The van der Waals surface area contributed by atoms with Crippen LogP contribution in [-0.2, 0) is 16.6 Å². The molecule has 1 saturated carbocycles. The van der Waals surface area contributed by atoms with Crippen LogP contribution in [0.3, 0.4) is 0 Å². The number of nitrogens with zero attached hydrogens (tertiary/aromatic N) is 3.